The smallest absolute Gasteiger partial charge is 0.218 e. The van der Waals surface area contributed by atoms with Crippen molar-refractivity contribution in [1.29, 1.82) is 0 Å². The molecule has 0 spiro atoms. The van der Waals surface area contributed by atoms with Gasteiger partial charge < -0.3 is 19.7 Å². The van der Waals surface area contributed by atoms with Gasteiger partial charge in [-0.05, 0) is 83.2 Å². The maximum absolute atomic E-state index is 13.7. The summed E-state index contributed by atoms with van der Waals surface area (Å²) < 4.78 is 4.12. The van der Waals surface area contributed by atoms with Gasteiger partial charge in [0.1, 0.15) is 11.5 Å². The van der Waals surface area contributed by atoms with Gasteiger partial charge in [0.15, 0.2) is 11.3 Å². The topological polar surface area (TPSA) is 79.1 Å². The predicted molar refractivity (Wildman–Crippen MR) is 145 cm³/mol. The molecule has 0 unspecified atom stereocenters. The minimum atomic E-state index is -0.101. The van der Waals surface area contributed by atoms with Crippen molar-refractivity contribution in [3.05, 3.63) is 46.6 Å². The molecule has 2 N–H and O–H groups in total. The number of nitrogens with zero attached hydrogens (tertiary/aromatic N) is 5. The molecule has 6 rings (SSSR count). The van der Waals surface area contributed by atoms with Gasteiger partial charge in [-0.3, -0.25) is 19.5 Å². The second-order valence-corrected chi connectivity index (χ2v) is 10.2. The molecule has 2 saturated heterocycles. The van der Waals surface area contributed by atoms with E-state index in [1.165, 1.54) is 12.8 Å². The highest BCUT2D eigenvalue weighted by Gasteiger charge is 2.22. The largest absolute Gasteiger partial charge is 0.367 e. The van der Waals surface area contributed by atoms with Gasteiger partial charge in [-0.1, -0.05) is 12.1 Å². The lowest BCUT2D eigenvalue weighted by Gasteiger charge is -2.29. The van der Waals surface area contributed by atoms with E-state index in [1.807, 2.05) is 35.9 Å². The second kappa shape index (κ2) is 9.72. The van der Waals surface area contributed by atoms with Crippen LogP contribution < -0.4 is 16.2 Å². The summed E-state index contributed by atoms with van der Waals surface area (Å²) in [4.78, 5) is 29.3. The molecule has 2 aliphatic heterocycles. The molecule has 1 aromatic carbocycles. The van der Waals surface area contributed by atoms with Gasteiger partial charge in [-0.2, -0.15) is 0 Å². The first-order valence-electron chi connectivity index (χ1n) is 13.1. The fraction of sp³-hybridized carbons (Fsp3) is 0.481. The number of imidazole rings is 1. The highest BCUT2D eigenvalue weighted by atomic mass is 16.6. The number of para-hydroxylation sites is 2. The van der Waals surface area contributed by atoms with Crippen molar-refractivity contribution in [3.63, 3.8) is 0 Å². The fourth-order valence-electron chi connectivity index (χ4n) is 5.68. The van der Waals surface area contributed by atoms with E-state index in [2.05, 4.69) is 44.2 Å². The molecule has 9 heteroatoms. The minimum Gasteiger partial charge on any atom is -0.367 e. The zero-order valence-corrected chi connectivity index (χ0v) is 21.2. The molecule has 0 amide bonds. The molecule has 0 radical (unpaired) electrons. The molecule has 3 aromatic heterocycles. The van der Waals surface area contributed by atoms with Crippen LogP contribution in [-0.2, 0) is 11.9 Å². The Bertz CT molecular complexity index is 1450. The molecule has 9 nitrogen and oxygen atoms in total. The number of likely N-dealkylation sites (tertiary alicyclic amines) is 2. The van der Waals surface area contributed by atoms with Crippen molar-refractivity contribution in [3.8, 4) is 0 Å². The number of rotatable bonds is 7. The van der Waals surface area contributed by atoms with E-state index in [1.54, 1.807) is 0 Å². The lowest BCUT2D eigenvalue weighted by atomic mass is 10.1. The first-order valence-corrected chi connectivity index (χ1v) is 13.1. The Kier molecular flexibility index (Phi) is 6.29. The molecule has 190 valence electrons. The molecular formula is C27H35N7O2. The van der Waals surface area contributed by atoms with Crippen molar-refractivity contribution in [1.82, 2.24) is 23.8 Å². The average Bonchev–Trinajstić information content (AvgIpc) is 3.52. The van der Waals surface area contributed by atoms with Crippen LogP contribution in [0, 0.1) is 0 Å². The Morgan fingerprint density at radius 2 is 1.75 bits per heavy atom. The predicted octanol–water partition coefficient (Wildman–Crippen LogP) is 3.28. The lowest BCUT2D eigenvalue weighted by molar-refractivity contribution is 0.157. The van der Waals surface area contributed by atoms with Gasteiger partial charge >= 0.3 is 0 Å². The van der Waals surface area contributed by atoms with E-state index in [0.717, 1.165) is 68.1 Å². The van der Waals surface area contributed by atoms with Crippen LogP contribution in [0.25, 0.3) is 27.7 Å². The fourth-order valence-corrected chi connectivity index (χ4v) is 5.68. The molecule has 0 saturated carbocycles. The second-order valence-electron chi connectivity index (χ2n) is 10.2. The number of aryl methyl sites for hydroxylation is 1. The zero-order valence-electron chi connectivity index (χ0n) is 21.2. The Hall–Kier alpha value is -3.14. The Labute approximate surface area is 210 Å². The summed E-state index contributed by atoms with van der Waals surface area (Å²) in [6.07, 6.45) is 4.66. The van der Waals surface area contributed by atoms with Crippen molar-refractivity contribution >= 4 is 39.2 Å². The van der Waals surface area contributed by atoms with Crippen LogP contribution >= 0.6 is 0 Å². The van der Waals surface area contributed by atoms with Crippen LogP contribution in [0.2, 0.25) is 0 Å². The summed E-state index contributed by atoms with van der Waals surface area (Å²) in [5.41, 5.74) is 6.81. The minimum absolute atomic E-state index is 0.101. The van der Waals surface area contributed by atoms with E-state index < -0.39 is 0 Å². The summed E-state index contributed by atoms with van der Waals surface area (Å²) in [7, 11) is 4.15. The molecule has 2 aliphatic rings. The number of hydrogen-bond donors (Lipinski definition) is 2. The quantitative estimate of drug-likeness (QED) is 0.305. The molecule has 5 heterocycles. The molecule has 36 heavy (non-hydrogen) atoms. The van der Waals surface area contributed by atoms with Crippen molar-refractivity contribution < 1.29 is 4.84 Å². The number of aromatic nitrogens is 3. The number of nitrogens with one attached hydrogen (secondary N) is 2. The number of benzene rings is 1. The van der Waals surface area contributed by atoms with E-state index in [4.69, 9.17) is 9.82 Å². The Morgan fingerprint density at radius 1 is 1.00 bits per heavy atom. The zero-order chi connectivity index (χ0) is 24.6. The van der Waals surface area contributed by atoms with Crippen molar-refractivity contribution in [2.45, 2.75) is 31.7 Å². The number of piperidine rings is 1. The third-order valence-corrected chi connectivity index (χ3v) is 7.75. The molecule has 0 bridgehead atoms. The van der Waals surface area contributed by atoms with Crippen LogP contribution in [0.3, 0.4) is 0 Å². The summed E-state index contributed by atoms with van der Waals surface area (Å²) in [6, 6.07) is 12.4. The summed E-state index contributed by atoms with van der Waals surface area (Å²) >= 11 is 0. The summed E-state index contributed by atoms with van der Waals surface area (Å²) in [5.74, 6) is 0.806. The van der Waals surface area contributed by atoms with Gasteiger partial charge in [0.25, 0.3) is 0 Å². The van der Waals surface area contributed by atoms with Gasteiger partial charge in [0.05, 0.1) is 23.0 Å². The number of fused-ring (bicyclic) bond motifs is 5. The van der Waals surface area contributed by atoms with Crippen LogP contribution in [0.1, 0.15) is 25.7 Å². The monoisotopic (exact) mass is 489 g/mol. The number of hydrogen-bond acceptors (Lipinski definition) is 7. The van der Waals surface area contributed by atoms with Crippen LogP contribution in [-0.4, -0.2) is 76.2 Å². The first-order chi connectivity index (χ1) is 17.6. The standard InChI is InChI=1S/C27H35N7O2/c1-31-15-11-19(12-16-31)28-23-10-9-20-25(35)24(30-36-18-17-33-13-5-6-14-33)27-32(2)21-7-3-4-8-22(21)34(27)26(20)29-23/h3-4,7-10,19,30H,5-6,11-18H2,1-2H3,(H,28,29). The normalized spacial score (nSPS) is 18.1. The van der Waals surface area contributed by atoms with Gasteiger partial charge in [-0.15, -0.1) is 0 Å². The van der Waals surface area contributed by atoms with E-state index in [0.29, 0.717) is 29.4 Å². The van der Waals surface area contributed by atoms with Gasteiger partial charge in [0.2, 0.25) is 5.43 Å². The van der Waals surface area contributed by atoms with Crippen LogP contribution in [0.4, 0.5) is 11.5 Å². The third-order valence-electron chi connectivity index (χ3n) is 7.75. The van der Waals surface area contributed by atoms with Crippen molar-refractivity contribution in [2.24, 2.45) is 7.05 Å². The number of anilines is 2. The van der Waals surface area contributed by atoms with E-state index in [-0.39, 0.29) is 5.43 Å². The highest BCUT2D eigenvalue weighted by Crippen LogP contribution is 2.28. The summed E-state index contributed by atoms with van der Waals surface area (Å²) in [6.45, 7) is 5.76. The molecule has 2 fully saturated rings. The van der Waals surface area contributed by atoms with Gasteiger partial charge in [0, 0.05) is 19.6 Å². The molecule has 4 aromatic rings. The Morgan fingerprint density at radius 3 is 2.53 bits per heavy atom. The SMILES string of the molecule is CN1CCC(Nc2ccc3c(=O)c(NOCCN4CCCC4)c4n(C)c5ccccc5n4c3n2)CC1. The lowest BCUT2D eigenvalue weighted by Crippen LogP contribution is -2.36. The molecule has 0 aliphatic carbocycles. The van der Waals surface area contributed by atoms with Crippen molar-refractivity contribution in [2.75, 3.05) is 57.2 Å². The van der Waals surface area contributed by atoms with E-state index in [9.17, 15) is 4.79 Å². The van der Waals surface area contributed by atoms with E-state index >= 15 is 0 Å². The maximum Gasteiger partial charge on any atom is 0.218 e. The summed E-state index contributed by atoms with van der Waals surface area (Å²) in [5, 5.41) is 4.18. The van der Waals surface area contributed by atoms with Crippen LogP contribution in [0.5, 0.6) is 0 Å². The number of pyridine rings is 2. The Balaban J connectivity index is 1.40. The third kappa shape index (κ3) is 4.21. The van der Waals surface area contributed by atoms with Gasteiger partial charge in [-0.25, -0.2) is 4.98 Å². The van der Waals surface area contributed by atoms with Crippen LogP contribution in [0.15, 0.2) is 41.2 Å². The molecule has 0 atom stereocenters. The highest BCUT2D eigenvalue weighted by molar-refractivity contribution is 5.95. The molecular weight excluding hydrogens is 454 g/mol. The average molecular weight is 490 g/mol. The maximum atomic E-state index is 13.7. The first kappa shape index (κ1) is 23.3.